The van der Waals surface area contributed by atoms with Crippen molar-refractivity contribution in [1.82, 2.24) is 29.6 Å². The largest absolute Gasteiger partial charge is 0.324 e. The van der Waals surface area contributed by atoms with Crippen molar-refractivity contribution < 1.29 is 0 Å². The summed E-state index contributed by atoms with van der Waals surface area (Å²) in [5, 5.41) is 7.31. The summed E-state index contributed by atoms with van der Waals surface area (Å²) in [7, 11) is 0. The van der Waals surface area contributed by atoms with E-state index in [1.807, 2.05) is 31.2 Å². The zero-order valence-corrected chi connectivity index (χ0v) is 20.7. The predicted octanol–water partition coefficient (Wildman–Crippen LogP) is 4.03. The summed E-state index contributed by atoms with van der Waals surface area (Å²) >= 11 is 0. The van der Waals surface area contributed by atoms with Gasteiger partial charge in [-0.1, -0.05) is 12.1 Å². The number of hydrogen-bond donors (Lipinski definition) is 2. The summed E-state index contributed by atoms with van der Waals surface area (Å²) in [5.74, 6) is 0.984. The summed E-state index contributed by atoms with van der Waals surface area (Å²) in [4.78, 5) is 31.0. The number of rotatable bonds is 5. The van der Waals surface area contributed by atoms with E-state index in [4.69, 9.17) is 16.5 Å². The van der Waals surface area contributed by atoms with Crippen LogP contribution in [0.3, 0.4) is 0 Å². The van der Waals surface area contributed by atoms with E-state index in [2.05, 4.69) is 46.4 Å². The Hall–Kier alpha value is -4.03. The summed E-state index contributed by atoms with van der Waals surface area (Å²) in [6.45, 7) is 15.3. The van der Waals surface area contributed by atoms with Crippen LogP contribution in [0.2, 0.25) is 0 Å². The van der Waals surface area contributed by atoms with Gasteiger partial charge in [0.25, 0.3) is 11.1 Å². The molecule has 4 aromatic rings. The van der Waals surface area contributed by atoms with Crippen molar-refractivity contribution in [2.45, 2.75) is 57.7 Å². The quantitative estimate of drug-likeness (QED) is 0.419. The number of anilines is 2. The molecular weight excluding hydrogens is 452 g/mol. The number of fused-ring (bicyclic) bond motifs is 2. The Labute approximate surface area is 209 Å². The van der Waals surface area contributed by atoms with Gasteiger partial charge in [-0.3, -0.25) is 4.79 Å². The first-order valence-electron chi connectivity index (χ1n) is 12.4. The molecular formula is C27H28N8O. The molecule has 0 atom stereocenters. The van der Waals surface area contributed by atoms with E-state index in [1.54, 1.807) is 15.6 Å². The fourth-order valence-corrected chi connectivity index (χ4v) is 5.17. The molecule has 0 amide bonds. The molecule has 182 valence electrons. The number of hydrogen-bond acceptors (Lipinski definition) is 6. The van der Waals surface area contributed by atoms with E-state index in [0.29, 0.717) is 29.3 Å². The molecule has 9 nitrogen and oxygen atoms in total. The smallest absolute Gasteiger partial charge is 0.278 e. The molecule has 1 aliphatic heterocycles. The highest BCUT2D eigenvalue weighted by Gasteiger charge is 2.54. The van der Waals surface area contributed by atoms with Crippen molar-refractivity contribution >= 4 is 22.7 Å². The predicted molar refractivity (Wildman–Crippen MR) is 139 cm³/mol. The topological polar surface area (TPSA) is 94.0 Å². The number of benzene rings is 1. The lowest BCUT2D eigenvalue weighted by molar-refractivity contribution is 0.382. The van der Waals surface area contributed by atoms with Crippen molar-refractivity contribution in [3.05, 3.63) is 81.2 Å². The molecule has 9 heteroatoms. The van der Waals surface area contributed by atoms with E-state index < -0.39 is 5.54 Å². The Morgan fingerprint density at radius 1 is 1.19 bits per heavy atom. The van der Waals surface area contributed by atoms with Crippen molar-refractivity contribution in [3.63, 3.8) is 0 Å². The van der Waals surface area contributed by atoms with E-state index in [1.165, 1.54) is 11.1 Å². The highest BCUT2D eigenvalue weighted by atomic mass is 16.1. The molecule has 0 bridgehead atoms. The van der Waals surface area contributed by atoms with Gasteiger partial charge in [0.05, 0.1) is 0 Å². The van der Waals surface area contributed by atoms with Crippen LogP contribution in [0.5, 0.6) is 0 Å². The molecule has 0 unspecified atom stereocenters. The number of nitrogens with one attached hydrogen (secondary N) is 2. The zero-order valence-electron chi connectivity index (χ0n) is 20.7. The van der Waals surface area contributed by atoms with Gasteiger partial charge in [0.1, 0.15) is 11.1 Å². The minimum Gasteiger partial charge on any atom is -0.324 e. The van der Waals surface area contributed by atoms with Crippen LogP contribution in [0.25, 0.3) is 21.7 Å². The maximum Gasteiger partial charge on any atom is 0.278 e. The van der Waals surface area contributed by atoms with Gasteiger partial charge < -0.3 is 15.5 Å². The molecule has 1 saturated carbocycles. The molecule has 1 fully saturated rings. The van der Waals surface area contributed by atoms with Gasteiger partial charge in [-0.25, -0.2) is 25.9 Å². The van der Waals surface area contributed by atoms with Gasteiger partial charge in [-0.05, 0) is 69.1 Å². The molecule has 0 saturated heterocycles. The first kappa shape index (κ1) is 22.4. The third kappa shape index (κ3) is 3.48. The van der Waals surface area contributed by atoms with Crippen LogP contribution < -0.4 is 16.2 Å². The van der Waals surface area contributed by atoms with Gasteiger partial charge in [-0.15, -0.1) is 0 Å². The molecule has 6 rings (SSSR count). The third-order valence-corrected chi connectivity index (χ3v) is 7.34. The average Bonchev–Trinajstić information content (AvgIpc) is 3.63. The maximum absolute atomic E-state index is 13.2. The lowest BCUT2D eigenvalue weighted by Gasteiger charge is -2.34. The Balaban J connectivity index is 1.42. The summed E-state index contributed by atoms with van der Waals surface area (Å²) < 4.78 is 3.36. The monoisotopic (exact) mass is 480 g/mol. The van der Waals surface area contributed by atoms with Crippen LogP contribution in [-0.2, 0) is 24.0 Å². The van der Waals surface area contributed by atoms with Gasteiger partial charge in [0.2, 0.25) is 5.95 Å². The first-order chi connectivity index (χ1) is 17.3. The molecule has 0 spiro atoms. The number of aromatic nitrogens is 5. The Bertz CT molecular complexity index is 1600. The Kier molecular flexibility index (Phi) is 4.99. The lowest BCUT2D eigenvalue weighted by atomic mass is 9.85. The van der Waals surface area contributed by atoms with Gasteiger partial charge in [0, 0.05) is 36.8 Å². The second-order valence-corrected chi connectivity index (χ2v) is 10.1. The lowest BCUT2D eigenvalue weighted by Crippen LogP contribution is -2.42. The van der Waals surface area contributed by atoms with Crippen LogP contribution >= 0.6 is 0 Å². The molecule has 1 aromatic carbocycles. The molecule has 0 radical (unpaired) electrons. The van der Waals surface area contributed by atoms with Crippen LogP contribution in [0.4, 0.5) is 11.6 Å². The second-order valence-electron chi connectivity index (χ2n) is 10.1. The van der Waals surface area contributed by atoms with E-state index in [0.717, 1.165) is 37.2 Å². The third-order valence-electron chi connectivity index (χ3n) is 7.34. The molecule has 2 aliphatic rings. The fraction of sp³-hybridized carbons (Fsp3) is 0.370. The van der Waals surface area contributed by atoms with E-state index in [9.17, 15) is 4.79 Å². The van der Waals surface area contributed by atoms with Crippen LogP contribution in [0, 0.1) is 6.57 Å². The normalized spacial score (nSPS) is 17.4. The van der Waals surface area contributed by atoms with Crippen molar-refractivity contribution in [3.8, 4) is 5.82 Å². The summed E-state index contributed by atoms with van der Waals surface area (Å²) in [5.41, 5.74) is 3.97. The molecule has 4 heterocycles. The SMILES string of the molecule is [C-]#[N+]C1(c2cccc(-n3c4nc(Nc5ccc6c(c5)CCNC6(C)C)ncc4c(=O)n3CC)n2)CC1. The van der Waals surface area contributed by atoms with Crippen molar-refractivity contribution in [2.24, 2.45) is 0 Å². The van der Waals surface area contributed by atoms with Gasteiger partial charge in [0.15, 0.2) is 11.5 Å². The molecule has 2 N–H and O–H groups in total. The van der Waals surface area contributed by atoms with E-state index >= 15 is 0 Å². The van der Waals surface area contributed by atoms with Crippen molar-refractivity contribution in [2.75, 3.05) is 11.9 Å². The average molecular weight is 481 g/mol. The number of pyridine rings is 1. The highest BCUT2D eigenvalue weighted by molar-refractivity contribution is 5.77. The Morgan fingerprint density at radius 2 is 2.03 bits per heavy atom. The van der Waals surface area contributed by atoms with Crippen LogP contribution in [-0.4, -0.2) is 30.9 Å². The minimum absolute atomic E-state index is 0.0610. The second kappa shape index (κ2) is 8.00. The van der Waals surface area contributed by atoms with E-state index in [-0.39, 0.29) is 11.1 Å². The zero-order chi connectivity index (χ0) is 25.1. The standard InChI is InChI=1S/C27H28N8O/c1-5-34-24(36)19-16-29-25(31-18-9-10-20-17(15-18)11-14-30-26(20,2)3)33-23(19)35(34)22-8-6-7-21(32-22)27(28-4)12-13-27/h6-10,15-16,30H,5,11-14H2,1-3H3,(H,29,31,33). The van der Waals surface area contributed by atoms with Gasteiger partial charge >= 0.3 is 0 Å². The fourth-order valence-electron chi connectivity index (χ4n) is 5.17. The molecule has 3 aromatic heterocycles. The van der Waals surface area contributed by atoms with Crippen LogP contribution in [0.1, 0.15) is 50.4 Å². The van der Waals surface area contributed by atoms with Crippen LogP contribution in [0.15, 0.2) is 47.4 Å². The van der Waals surface area contributed by atoms with Gasteiger partial charge in [-0.2, -0.15) is 4.98 Å². The molecule has 36 heavy (non-hydrogen) atoms. The summed E-state index contributed by atoms with van der Waals surface area (Å²) in [6, 6.07) is 12.0. The maximum atomic E-state index is 13.2. The Morgan fingerprint density at radius 3 is 2.78 bits per heavy atom. The molecule has 1 aliphatic carbocycles. The first-order valence-corrected chi connectivity index (χ1v) is 12.4. The number of nitrogens with zero attached hydrogens (tertiary/aromatic N) is 6. The van der Waals surface area contributed by atoms with Crippen molar-refractivity contribution in [1.29, 1.82) is 0 Å². The minimum atomic E-state index is -0.533. The summed E-state index contributed by atoms with van der Waals surface area (Å²) in [6.07, 6.45) is 4.15. The highest BCUT2D eigenvalue weighted by Crippen LogP contribution is 2.48.